The van der Waals surface area contributed by atoms with Crippen molar-refractivity contribution in [2.75, 3.05) is 11.5 Å². The van der Waals surface area contributed by atoms with Crippen molar-refractivity contribution < 1.29 is 19.1 Å². The molecule has 0 amide bonds. The summed E-state index contributed by atoms with van der Waals surface area (Å²) < 4.78 is 11.8. The number of aliphatic carboxylic acids is 1. The number of carboxylic acid groups (broad SMARTS) is 1. The smallest absolute Gasteiger partial charge is 0.333 e. The summed E-state index contributed by atoms with van der Waals surface area (Å²) in [6.07, 6.45) is -0.190. The Bertz CT molecular complexity index is 1290. The minimum atomic E-state index is -0.929. The Morgan fingerprint density at radius 1 is 1.00 bits per heavy atom. The zero-order valence-corrected chi connectivity index (χ0v) is 20.0. The molecule has 1 N–H and O–H groups in total. The Morgan fingerprint density at radius 2 is 1.68 bits per heavy atom. The average Bonchev–Trinajstić information content (AvgIpc) is 3.25. The summed E-state index contributed by atoms with van der Waals surface area (Å²) >= 11 is 1.79. The predicted molar refractivity (Wildman–Crippen MR) is 135 cm³/mol. The number of para-hydroxylation sites is 2. The van der Waals surface area contributed by atoms with E-state index in [1.54, 1.807) is 11.8 Å². The Labute approximate surface area is 203 Å². The molecule has 5 rings (SSSR count). The van der Waals surface area contributed by atoms with Crippen molar-refractivity contribution in [3.05, 3.63) is 84.1 Å². The normalized spacial score (nSPS) is 14.5. The summed E-state index contributed by atoms with van der Waals surface area (Å²) in [5, 5.41) is 10.6. The molecule has 3 aromatic carbocycles. The first-order valence-corrected chi connectivity index (χ1v) is 12.4. The number of carbonyl (C=O) groups is 1. The molecule has 1 aliphatic rings. The lowest BCUT2D eigenvalue weighted by atomic mass is 9.90. The third kappa shape index (κ3) is 4.19. The maximum atomic E-state index is 11.8. The highest BCUT2D eigenvalue weighted by atomic mass is 32.2. The van der Waals surface area contributed by atoms with Gasteiger partial charge >= 0.3 is 5.97 Å². The second-order valence-electron chi connectivity index (χ2n) is 8.36. The van der Waals surface area contributed by atoms with E-state index in [1.165, 1.54) is 21.2 Å². The number of hydrogen-bond acceptors (Lipinski definition) is 5. The summed E-state index contributed by atoms with van der Waals surface area (Å²) in [7, 11) is 0. The highest BCUT2D eigenvalue weighted by Gasteiger charge is 2.29. The van der Waals surface area contributed by atoms with Crippen LogP contribution in [0.1, 0.15) is 37.5 Å². The third-order valence-corrected chi connectivity index (χ3v) is 7.39. The van der Waals surface area contributed by atoms with E-state index in [0.29, 0.717) is 19.6 Å². The van der Waals surface area contributed by atoms with Crippen LogP contribution in [0.15, 0.2) is 87.0 Å². The highest BCUT2D eigenvalue weighted by Crippen LogP contribution is 2.48. The van der Waals surface area contributed by atoms with Gasteiger partial charge in [0.05, 0.1) is 17.9 Å². The Kier molecular flexibility index (Phi) is 6.35. The van der Waals surface area contributed by atoms with Crippen LogP contribution in [0.3, 0.4) is 0 Å². The van der Waals surface area contributed by atoms with Gasteiger partial charge in [-0.3, -0.25) is 0 Å². The van der Waals surface area contributed by atoms with Crippen molar-refractivity contribution in [2.45, 2.75) is 48.6 Å². The van der Waals surface area contributed by atoms with E-state index in [-0.39, 0.29) is 5.92 Å². The fraction of sp³-hybridized carbons (Fsp3) is 0.250. The Hall–Kier alpha value is -3.22. The largest absolute Gasteiger partial charge is 0.479 e. The van der Waals surface area contributed by atoms with Crippen LogP contribution >= 0.6 is 11.8 Å². The van der Waals surface area contributed by atoms with Crippen molar-refractivity contribution >= 4 is 40.1 Å². The molecule has 34 heavy (non-hydrogen) atoms. The minimum Gasteiger partial charge on any atom is -0.479 e. The van der Waals surface area contributed by atoms with Crippen LogP contribution in [0.5, 0.6) is 0 Å². The van der Waals surface area contributed by atoms with Gasteiger partial charge in [0.15, 0.2) is 6.10 Å². The maximum absolute atomic E-state index is 11.8. The topological polar surface area (TPSA) is 62.9 Å². The highest BCUT2D eigenvalue weighted by molar-refractivity contribution is 7.99. The van der Waals surface area contributed by atoms with E-state index < -0.39 is 12.1 Å². The first-order chi connectivity index (χ1) is 16.6. The molecule has 4 aromatic rings. The van der Waals surface area contributed by atoms with E-state index in [0.717, 1.165) is 22.3 Å². The van der Waals surface area contributed by atoms with Crippen molar-refractivity contribution in [3.63, 3.8) is 0 Å². The number of furan rings is 1. The molecule has 2 atom stereocenters. The molecule has 1 aliphatic heterocycles. The molecule has 5 nitrogen and oxygen atoms in total. The van der Waals surface area contributed by atoms with E-state index >= 15 is 0 Å². The van der Waals surface area contributed by atoms with E-state index in [9.17, 15) is 9.90 Å². The van der Waals surface area contributed by atoms with Crippen LogP contribution in [0, 0.1) is 0 Å². The summed E-state index contributed by atoms with van der Waals surface area (Å²) in [6.45, 7) is 4.78. The molecular weight excluding hydrogens is 446 g/mol. The quantitative estimate of drug-likeness (QED) is 0.291. The number of fused-ring (bicyclic) bond motifs is 3. The molecule has 2 unspecified atom stereocenters. The molecule has 0 saturated carbocycles. The first kappa shape index (κ1) is 22.6. The average molecular weight is 474 g/mol. The van der Waals surface area contributed by atoms with Crippen LogP contribution in [-0.2, 0) is 16.1 Å². The molecule has 0 aliphatic carbocycles. The first-order valence-electron chi connectivity index (χ1n) is 11.6. The molecule has 0 spiro atoms. The van der Waals surface area contributed by atoms with Crippen molar-refractivity contribution in [1.29, 1.82) is 0 Å². The minimum absolute atomic E-state index is 0.224. The fourth-order valence-corrected chi connectivity index (χ4v) is 5.79. The molecule has 0 fully saturated rings. The zero-order chi connectivity index (χ0) is 23.7. The van der Waals surface area contributed by atoms with Gasteiger partial charge in [-0.05, 0) is 61.4 Å². The number of hydrogen-bond donors (Lipinski definition) is 1. The lowest BCUT2D eigenvalue weighted by molar-refractivity contribution is -0.151. The number of rotatable bonds is 8. The van der Waals surface area contributed by atoms with Crippen LogP contribution in [0.4, 0.5) is 11.4 Å². The van der Waals surface area contributed by atoms with Gasteiger partial charge < -0.3 is 19.2 Å². The molecule has 174 valence electrons. The third-order valence-electron chi connectivity index (χ3n) is 6.26. The fourth-order valence-electron chi connectivity index (χ4n) is 4.70. The second kappa shape index (κ2) is 9.57. The standard InChI is InChI=1S/C28H27NO4S/c1-3-21(27(28(30)31)32-4-2)18-13-14-24-19(15-18)16-20(33-24)17-29-22-9-5-7-11-25(22)34-26-12-8-6-10-23(26)29/h5-16,21,27H,3-4,17H2,1-2H3,(H,30,31). The molecule has 0 saturated heterocycles. The van der Waals surface area contributed by atoms with Crippen LogP contribution in [0.2, 0.25) is 0 Å². The molecule has 6 heteroatoms. The van der Waals surface area contributed by atoms with Gasteiger partial charge in [0, 0.05) is 27.7 Å². The lowest BCUT2D eigenvalue weighted by Crippen LogP contribution is -2.30. The number of anilines is 2. The van der Waals surface area contributed by atoms with E-state index in [1.807, 2.05) is 32.0 Å². The van der Waals surface area contributed by atoms with Gasteiger partial charge in [0.2, 0.25) is 0 Å². The van der Waals surface area contributed by atoms with Crippen molar-refractivity contribution in [3.8, 4) is 0 Å². The molecule has 1 aromatic heterocycles. The van der Waals surface area contributed by atoms with Crippen molar-refractivity contribution in [1.82, 2.24) is 0 Å². The van der Waals surface area contributed by atoms with Crippen LogP contribution in [-0.4, -0.2) is 23.8 Å². The van der Waals surface area contributed by atoms with Gasteiger partial charge in [-0.25, -0.2) is 4.79 Å². The number of nitrogens with zero attached hydrogens (tertiary/aromatic N) is 1. The van der Waals surface area contributed by atoms with Crippen LogP contribution < -0.4 is 4.90 Å². The zero-order valence-electron chi connectivity index (χ0n) is 19.2. The van der Waals surface area contributed by atoms with E-state index in [4.69, 9.17) is 9.15 Å². The molecule has 2 heterocycles. The number of benzene rings is 3. The summed E-state index contributed by atoms with van der Waals surface area (Å²) in [4.78, 5) is 16.5. The predicted octanol–water partition coefficient (Wildman–Crippen LogP) is 7.22. The van der Waals surface area contributed by atoms with Gasteiger partial charge in [-0.2, -0.15) is 0 Å². The Morgan fingerprint density at radius 3 is 2.29 bits per heavy atom. The van der Waals surface area contributed by atoms with Crippen LogP contribution in [0.25, 0.3) is 11.0 Å². The maximum Gasteiger partial charge on any atom is 0.333 e. The summed E-state index contributed by atoms with van der Waals surface area (Å²) in [6, 6.07) is 24.8. The lowest BCUT2D eigenvalue weighted by Gasteiger charge is -2.32. The number of ether oxygens (including phenoxy) is 1. The Balaban J connectivity index is 1.48. The van der Waals surface area contributed by atoms with E-state index in [2.05, 4.69) is 59.5 Å². The van der Waals surface area contributed by atoms with Gasteiger partial charge in [0.1, 0.15) is 11.3 Å². The van der Waals surface area contributed by atoms with Gasteiger partial charge in [0.25, 0.3) is 0 Å². The van der Waals surface area contributed by atoms with Crippen molar-refractivity contribution in [2.24, 2.45) is 0 Å². The SMILES string of the molecule is CCOC(C(=O)O)C(CC)c1ccc2oc(CN3c4ccccc4Sc4ccccc43)cc2c1. The second-order valence-corrected chi connectivity index (χ2v) is 9.45. The molecule has 0 radical (unpaired) electrons. The summed E-state index contributed by atoms with van der Waals surface area (Å²) in [5.74, 6) is -0.295. The monoisotopic (exact) mass is 473 g/mol. The van der Waals surface area contributed by atoms with Gasteiger partial charge in [-0.15, -0.1) is 0 Å². The molecule has 0 bridgehead atoms. The summed E-state index contributed by atoms with van der Waals surface area (Å²) in [5.41, 5.74) is 4.08. The number of carboxylic acids is 1. The van der Waals surface area contributed by atoms with Gasteiger partial charge in [-0.1, -0.05) is 49.0 Å². The molecular formula is C28H27NO4S.